The van der Waals surface area contributed by atoms with E-state index in [-0.39, 0.29) is 0 Å². The first kappa shape index (κ1) is 12.8. The van der Waals surface area contributed by atoms with Crippen LogP contribution in [0.25, 0.3) is 11.3 Å². The van der Waals surface area contributed by atoms with Crippen LogP contribution in [0.4, 0.5) is 0 Å². The highest BCUT2D eigenvalue weighted by Crippen LogP contribution is 2.27. The van der Waals surface area contributed by atoms with Crippen LogP contribution in [0.1, 0.15) is 18.1 Å². The van der Waals surface area contributed by atoms with Crippen LogP contribution in [-0.2, 0) is 0 Å². The molecule has 0 unspecified atom stereocenters. The molecular weight excluding hydrogens is 250 g/mol. The number of halogens is 1. The van der Waals surface area contributed by atoms with Gasteiger partial charge in [0.15, 0.2) is 5.15 Å². The van der Waals surface area contributed by atoms with E-state index in [0.717, 1.165) is 28.1 Å². The van der Waals surface area contributed by atoms with E-state index in [1.54, 1.807) is 12.4 Å². The van der Waals surface area contributed by atoms with Crippen molar-refractivity contribution in [1.82, 2.24) is 15.2 Å². The Morgan fingerprint density at radius 3 is 2.67 bits per heavy atom. The lowest BCUT2D eigenvalue weighted by atomic mass is 10.1. The maximum atomic E-state index is 5.94. The zero-order valence-electron chi connectivity index (χ0n) is 10.6. The lowest BCUT2D eigenvalue weighted by Crippen LogP contribution is -1.98. The maximum absolute atomic E-state index is 5.94. The van der Waals surface area contributed by atoms with Gasteiger partial charge in [-0.25, -0.2) is 0 Å². The third-order valence-corrected chi connectivity index (χ3v) is 3.12. The van der Waals surface area contributed by atoms with E-state index < -0.39 is 0 Å². The standard InChI is InChI=1S/C13H14ClN3O/c1-4-18-11-5-10(6-15-7-11)12-8(2)9(3)13(14)17-16-12/h5-7H,4H2,1-3H3. The van der Waals surface area contributed by atoms with Crippen LogP contribution in [0.2, 0.25) is 5.15 Å². The Balaban J connectivity index is 2.48. The average Bonchev–Trinajstić information content (AvgIpc) is 2.37. The average molecular weight is 264 g/mol. The molecule has 0 spiro atoms. The van der Waals surface area contributed by atoms with E-state index >= 15 is 0 Å². The van der Waals surface area contributed by atoms with Crippen molar-refractivity contribution < 1.29 is 4.74 Å². The SMILES string of the molecule is CCOc1cncc(-c2nnc(Cl)c(C)c2C)c1. The van der Waals surface area contributed by atoms with Gasteiger partial charge < -0.3 is 4.74 Å². The van der Waals surface area contributed by atoms with Crippen LogP contribution >= 0.6 is 11.6 Å². The Morgan fingerprint density at radius 2 is 1.94 bits per heavy atom. The number of ether oxygens (including phenoxy) is 1. The van der Waals surface area contributed by atoms with Crippen molar-refractivity contribution >= 4 is 11.6 Å². The summed E-state index contributed by atoms with van der Waals surface area (Å²) in [6, 6.07) is 1.90. The van der Waals surface area contributed by atoms with Gasteiger partial charge in [-0.05, 0) is 38.0 Å². The van der Waals surface area contributed by atoms with Gasteiger partial charge in [-0.3, -0.25) is 4.98 Å². The first-order valence-corrected chi connectivity index (χ1v) is 6.09. The number of aromatic nitrogens is 3. The van der Waals surface area contributed by atoms with Crippen molar-refractivity contribution in [3.8, 4) is 17.0 Å². The third-order valence-electron chi connectivity index (χ3n) is 2.76. The van der Waals surface area contributed by atoms with Gasteiger partial charge in [0.05, 0.1) is 18.5 Å². The minimum atomic E-state index is 0.435. The van der Waals surface area contributed by atoms with Crippen LogP contribution in [0, 0.1) is 13.8 Å². The van der Waals surface area contributed by atoms with Gasteiger partial charge in [0.2, 0.25) is 0 Å². The molecule has 0 saturated heterocycles. The molecule has 2 heterocycles. The molecule has 0 aromatic carbocycles. The molecule has 2 aromatic heterocycles. The first-order chi connectivity index (χ1) is 8.63. The predicted octanol–water partition coefficient (Wildman–Crippen LogP) is 3.21. The largest absolute Gasteiger partial charge is 0.492 e. The van der Waals surface area contributed by atoms with Crippen LogP contribution in [0.3, 0.4) is 0 Å². The van der Waals surface area contributed by atoms with E-state index in [1.807, 2.05) is 26.8 Å². The summed E-state index contributed by atoms with van der Waals surface area (Å²) in [4.78, 5) is 4.15. The highest BCUT2D eigenvalue weighted by Gasteiger charge is 2.11. The molecule has 0 aliphatic heterocycles. The molecule has 2 aromatic rings. The Bertz CT molecular complexity index is 572. The highest BCUT2D eigenvalue weighted by atomic mass is 35.5. The van der Waals surface area contributed by atoms with Crippen molar-refractivity contribution in [2.45, 2.75) is 20.8 Å². The predicted molar refractivity (Wildman–Crippen MR) is 70.9 cm³/mol. The van der Waals surface area contributed by atoms with Crippen molar-refractivity contribution in [1.29, 1.82) is 0 Å². The molecular formula is C13H14ClN3O. The van der Waals surface area contributed by atoms with Crippen molar-refractivity contribution in [2.75, 3.05) is 6.61 Å². The Hall–Kier alpha value is -1.68. The summed E-state index contributed by atoms with van der Waals surface area (Å²) in [5.74, 6) is 0.726. The van der Waals surface area contributed by atoms with Crippen LogP contribution in [0.15, 0.2) is 18.5 Å². The number of nitrogens with zero attached hydrogens (tertiary/aromatic N) is 3. The smallest absolute Gasteiger partial charge is 0.154 e. The van der Waals surface area contributed by atoms with E-state index in [1.165, 1.54) is 0 Å². The summed E-state index contributed by atoms with van der Waals surface area (Å²) in [6.07, 6.45) is 3.42. The Labute approximate surface area is 111 Å². The molecule has 0 saturated carbocycles. The third kappa shape index (κ3) is 2.43. The summed E-state index contributed by atoms with van der Waals surface area (Å²) in [5.41, 5.74) is 3.60. The van der Waals surface area contributed by atoms with Crippen molar-refractivity contribution in [2.24, 2.45) is 0 Å². The second kappa shape index (κ2) is 5.31. The van der Waals surface area contributed by atoms with Crippen LogP contribution < -0.4 is 4.74 Å². The summed E-state index contributed by atoms with van der Waals surface area (Å²) >= 11 is 5.94. The van der Waals surface area contributed by atoms with Crippen LogP contribution in [-0.4, -0.2) is 21.8 Å². The zero-order chi connectivity index (χ0) is 13.1. The number of pyridine rings is 1. The quantitative estimate of drug-likeness (QED) is 0.853. The first-order valence-electron chi connectivity index (χ1n) is 5.71. The fourth-order valence-electron chi connectivity index (χ4n) is 1.64. The summed E-state index contributed by atoms with van der Waals surface area (Å²) in [7, 11) is 0. The highest BCUT2D eigenvalue weighted by molar-refractivity contribution is 6.30. The van der Waals surface area contributed by atoms with E-state index in [2.05, 4.69) is 15.2 Å². The second-order valence-electron chi connectivity index (χ2n) is 3.93. The molecule has 18 heavy (non-hydrogen) atoms. The maximum Gasteiger partial charge on any atom is 0.154 e. The second-order valence-corrected chi connectivity index (χ2v) is 4.29. The van der Waals surface area contributed by atoms with E-state index in [9.17, 15) is 0 Å². The molecule has 0 atom stereocenters. The van der Waals surface area contributed by atoms with Gasteiger partial charge in [-0.15, -0.1) is 10.2 Å². The summed E-state index contributed by atoms with van der Waals surface area (Å²) in [5, 5.41) is 8.51. The van der Waals surface area contributed by atoms with Crippen LogP contribution in [0.5, 0.6) is 5.75 Å². The molecule has 0 amide bonds. The minimum absolute atomic E-state index is 0.435. The zero-order valence-corrected chi connectivity index (χ0v) is 11.3. The van der Waals surface area contributed by atoms with Gasteiger partial charge in [0.25, 0.3) is 0 Å². The summed E-state index contributed by atoms with van der Waals surface area (Å²) < 4.78 is 5.43. The number of hydrogen-bond donors (Lipinski definition) is 0. The number of hydrogen-bond acceptors (Lipinski definition) is 4. The molecule has 5 heteroatoms. The molecule has 0 radical (unpaired) electrons. The number of rotatable bonds is 3. The van der Waals surface area contributed by atoms with Gasteiger partial charge in [-0.2, -0.15) is 0 Å². The minimum Gasteiger partial charge on any atom is -0.492 e. The van der Waals surface area contributed by atoms with Gasteiger partial charge in [0.1, 0.15) is 5.75 Å². The molecule has 4 nitrogen and oxygen atoms in total. The summed E-state index contributed by atoms with van der Waals surface area (Å²) in [6.45, 7) is 6.44. The van der Waals surface area contributed by atoms with Gasteiger partial charge in [0, 0.05) is 11.8 Å². The fraction of sp³-hybridized carbons (Fsp3) is 0.308. The van der Waals surface area contributed by atoms with Gasteiger partial charge in [-0.1, -0.05) is 11.6 Å². The van der Waals surface area contributed by atoms with Crippen molar-refractivity contribution in [3.63, 3.8) is 0 Å². The molecule has 0 N–H and O–H groups in total. The molecule has 0 fully saturated rings. The molecule has 0 aliphatic rings. The normalized spacial score (nSPS) is 10.4. The van der Waals surface area contributed by atoms with Crippen molar-refractivity contribution in [3.05, 3.63) is 34.7 Å². The molecule has 0 bridgehead atoms. The topological polar surface area (TPSA) is 47.9 Å². The monoisotopic (exact) mass is 263 g/mol. The van der Waals surface area contributed by atoms with E-state index in [0.29, 0.717) is 11.8 Å². The Kier molecular flexibility index (Phi) is 3.77. The molecule has 0 aliphatic carbocycles. The van der Waals surface area contributed by atoms with E-state index in [4.69, 9.17) is 16.3 Å². The lowest BCUT2D eigenvalue weighted by Gasteiger charge is -2.09. The molecule has 94 valence electrons. The Morgan fingerprint density at radius 1 is 1.17 bits per heavy atom. The molecule has 2 rings (SSSR count). The fourth-order valence-corrected chi connectivity index (χ4v) is 1.82. The van der Waals surface area contributed by atoms with Gasteiger partial charge >= 0.3 is 0 Å². The lowest BCUT2D eigenvalue weighted by molar-refractivity contribution is 0.339.